The lowest BCUT2D eigenvalue weighted by Gasteiger charge is -2.42. The molecule has 25 heteroatoms. The number of carbonyl (C=O) groups is 4. The van der Waals surface area contributed by atoms with Crippen LogP contribution in [0.15, 0.2) is 88.2 Å². The lowest BCUT2D eigenvalue weighted by molar-refractivity contribution is -0.147. The van der Waals surface area contributed by atoms with Gasteiger partial charge in [-0.3, -0.25) is 33.4 Å². The van der Waals surface area contributed by atoms with E-state index in [1.807, 2.05) is 25.7 Å². The van der Waals surface area contributed by atoms with Crippen molar-refractivity contribution in [2.75, 3.05) is 71.7 Å². The molecule has 1 aliphatic carbocycles. The van der Waals surface area contributed by atoms with Crippen LogP contribution >= 0.6 is 11.3 Å². The molecule has 1 unspecified atom stereocenters. The van der Waals surface area contributed by atoms with Gasteiger partial charge in [0.2, 0.25) is 23.5 Å². The Labute approximate surface area is 524 Å². The Kier molecular flexibility index (Phi) is 20.5. The third-order valence-electron chi connectivity index (χ3n) is 17.4. The van der Waals surface area contributed by atoms with Crippen LogP contribution in [0.1, 0.15) is 123 Å². The molecule has 7 aromatic rings. The zero-order chi connectivity index (χ0) is 63.9. The number of primary amides is 1. The Bertz CT molecular complexity index is 3890. The minimum Gasteiger partial charge on any atom is -0.491 e. The number of anilines is 2. The smallest absolute Gasteiger partial charge is 0.283 e. The van der Waals surface area contributed by atoms with Crippen molar-refractivity contribution in [1.82, 2.24) is 49.2 Å². The Morgan fingerprint density at radius 1 is 0.878 bits per heavy atom. The van der Waals surface area contributed by atoms with Crippen LogP contribution in [0.2, 0.25) is 0 Å². The predicted octanol–water partition coefficient (Wildman–Crippen LogP) is 6.89. The number of halogens is 1. The monoisotopic (exact) mass is 1250 g/mol. The zero-order valence-corrected chi connectivity index (χ0v) is 52.6. The van der Waals surface area contributed by atoms with Gasteiger partial charge >= 0.3 is 0 Å². The number of nitrogens with two attached hydrogens (primary N) is 1. The fraction of sp³-hybridized carbons (Fsp3) is 0.477. The Morgan fingerprint density at radius 3 is 2.34 bits per heavy atom. The first-order valence-electron chi connectivity index (χ1n) is 30.7. The number of carbonyl (C=O) groups excluding carboxylic acids is 4. The molecule has 0 bridgehead atoms. The highest BCUT2D eigenvalue weighted by molar-refractivity contribution is 7.10. The van der Waals surface area contributed by atoms with Gasteiger partial charge in [0.15, 0.2) is 11.6 Å². The number of thiazole rings is 1. The van der Waals surface area contributed by atoms with E-state index in [0.29, 0.717) is 102 Å². The summed E-state index contributed by atoms with van der Waals surface area (Å²) in [5.74, 6) is -1.33. The first kappa shape index (κ1) is 64.9. The number of likely N-dealkylation sites (N-methyl/N-ethyl adjacent to an activating group) is 1. The van der Waals surface area contributed by atoms with Crippen molar-refractivity contribution in [3.05, 3.63) is 138 Å². The minimum absolute atomic E-state index is 0.0118. The quantitative estimate of drug-likeness (QED) is 0.0317. The summed E-state index contributed by atoms with van der Waals surface area (Å²) < 4.78 is 42.7. The molecule has 478 valence electrons. The molecule has 3 aliphatic rings. The predicted molar refractivity (Wildman–Crippen MR) is 336 cm³/mol. The van der Waals surface area contributed by atoms with Crippen molar-refractivity contribution < 1.29 is 47.6 Å². The van der Waals surface area contributed by atoms with Crippen LogP contribution in [0.4, 0.5) is 15.9 Å². The SMILES string of the molecule is CNC(C)(C(N)=O)[C@@H](C(=O)N1CCC[C@H]1c1nc(C(=O)c2cccc(OCCOCCOCCOCCC(=O)N3CCn4nc(Nc5cc(-c6ccnc(-n7ncc8cc(C(C)(C)C)cc(F)c8c7=O)c6CO)cn(C)c5=O)cc4C3)c2)cs1)C1CCCCC1. The van der Waals surface area contributed by atoms with E-state index in [0.717, 1.165) is 48.9 Å². The largest absolute Gasteiger partial charge is 0.491 e. The Morgan fingerprint density at radius 2 is 1.62 bits per heavy atom. The number of ketones is 1. The summed E-state index contributed by atoms with van der Waals surface area (Å²) >= 11 is 1.36. The number of hydrogen-bond acceptors (Lipinski definition) is 18. The molecule has 3 atom stereocenters. The zero-order valence-electron chi connectivity index (χ0n) is 51.8. The molecule has 3 amide bonds. The highest BCUT2D eigenvalue weighted by atomic mass is 32.1. The van der Waals surface area contributed by atoms with Crippen molar-refractivity contribution in [2.45, 2.75) is 116 Å². The standard InChI is InChI=1S/C65H79FN12O11S/c1-64(2,3)44-30-42-35-70-78(61(83)55(42)49(66)33-44)58-48(38-79)47(17-19-69-58)43-32-50(60(82)74(6)36-43)71-53-34-45-37-75(21-22-77(45)73-53)54(80)18-23-86-24-25-87-26-27-88-28-29-89-46-15-10-14-41(31-46)57(81)51-39-90-59(72-51)52-16-11-20-76(52)62(84)56(40-12-8-7-9-13-40)65(4,68-5)63(67)85/h10,14-15,17,19,30-36,39-40,52,56,68,79H,7-9,11-13,16,18,20-29,37-38H2,1-6H3,(H2,67,85)(H,71,73)/t52-,56+,65?/m0/s1. The van der Waals surface area contributed by atoms with Crippen molar-refractivity contribution in [2.24, 2.45) is 24.6 Å². The number of benzene rings is 2. The minimum atomic E-state index is -1.20. The highest BCUT2D eigenvalue weighted by Crippen LogP contribution is 2.42. The van der Waals surface area contributed by atoms with E-state index >= 15 is 4.39 Å². The molecule has 0 spiro atoms. The molecule has 23 nitrogen and oxygen atoms in total. The molecule has 5 N–H and O–H groups in total. The van der Waals surface area contributed by atoms with Crippen LogP contribution in [0.25, 0.3) is 27.7 Å². The van der Waals surface area contributed by atoms with Gasteiger partial charge in [-0.25, -0.2) is 14.4 Å². The second kappa shape index (κ2) is 28.4. The average molecular weight is 1260 g/mol. The number of pyridine rings is 2. The molecule has 1 saturated heterocycles. The third kappa shape index (κ3) is 14.3. The number of amides is 3. The lowest BCUT2D eigenvalue weighted by Crippen LogP contribution is -2.63. The summed E-state index contributed by atoms with van der Waals surface area (Å²) in [6.45, 7) is 10.7. The summed E-state index contributed by atoms with van der Waals surface area (Å²) in [5.41, 5.74) is 6.87. The van der Waals surface area contributed by atoms with E-state index in [-0.39, 0.29) is 95.8 Å². The number of aromatic nitrogens is 7. The maximum atomic E-state index is 15.6. The number of aryl methyl sites for hydroxylation is 1. The summed E-state index contributed by atoms with van der Waals surface area (Å²) in [4.78, 5) is 94.4. The van der Waals surface area contributed by atoms with Crippen LogP contribution in [0.3, 0.4) is 0 Å². The van der Waals surface area contributed by atoms with Crippen LogP contribution in [0.5, 0.6) is 5.75 Å². The van der Waals surface area contributed by atoms with E-state index in [2.05, 4.69) is 25.8 Å². The van der Waals surface area contributed by atoms with Crippen LogP contribution in [0, 0.1) is 17.7 Å². The molecule has 2 fully saturated rings. The molecule has 90 heavy (non-hydrogen) atoms. The molecule has 7 heterocycles. The highest BCUT2D eigenvalue weighted by Gasteiger charge is 2.50. The van der Waals surface area contributed by atoms with Crippen LogP contribution < -0.4 is 32.2 Å². The summed E-state index contributed by atoms with van der Waals surface area (Å²) in [7, 11) is 3.27. The van der Waals surface area contributed by atoms with Gasteiger partial charge in [-0.1, -0.05) is 52.2 Å². The number of hydrogen-bond donors (Lipinski definition) is 4. The number of fused-ring (bicyclic) bond motifs is 2. The van der Waals surface area contributed by atoms with Gasteiger partial charge in [-0.05, 0) is 98.5 Å². The van der Waals surface area contributed by atoms with Crippen LogP contribution in [-0.2, 0) is 60.8 Å². The number of aliphatic hydroxyl groups is 1. The summed E-state index contributed by atoms with van der Waals surface area (Å²) in [6.07, 6.45) is 11.0. The lowest BCUT2D eigenvalue weighted by atomic mass is 9.69. The van der Waals surface area contributed by atoms with E-state index in [1.54, 1.807) is 90.7 Å². The fourth-order valence-electron chi connectivity index (χ4n) is 12.3. The number of nitrogens with zero attached hydrogens (tertiary/aromatic N) is 9. The van der Waals surface area contributed by atoms with Crippen molar-refractivity contribution in [1.29, 1.82) is 0 Å². The number of rotatable bonds is 26. The van der Waals surface area contributed by atoms with Crippen molar-refractivity contribution in [3.63, 3.8) is 0 Å². The third-order valence-corrected chi connectivity index (χ3v) is 18.4. The second-order valence-electron chi connectivity index (χ2n) is 24.3. The normalized spacial score (nSPS) is 16.5. The molecule has 10 rings (SSSR count). The number of likely N-dealkylation sites (tertiary alicyclic amines) is 1. The van der Waals surface area contributed by atoms with Gasteiger partial charge in [0.05, 0.1) is 95.0 Å². The van der Waals surface area contributed by atoms with Gasteiger partial charge in [-0.15, -0.1) is 11.3 Å². The first-order chi connectivity index (χ1) is 43.3. The topological polar surface area (TPSA) is 282 Å². The average Bonchev–Trinajstić information content (AvgIpc) is 1.66. The van der Waals surface area contributed by atoms with Gasteiger partial charge < -0.3 is 54.8 Å². The number of nitrogens with one attached hydrogen (secondary N) is 2. The van der Waals surface area contributed by atoms with Gasteiger partial charge in [0.1, 0.15) is 40.1 Å². The fourth-order valence-corrected chi connectivity index (χ4v) is 13.3. The number of aliphatic hydroxyl groups excluding tert-OH is 1. The van der Waals surface area contributed by atoms with Crippen molar-refractivity contribution in [3.8, 4) is 22.7 Å². The maximum Gasteiger partial charge on any atom is 0.283 e. The molecule has 2 aromatic carbocycles. The van der Waals surface area contributed by atoms with Gasteiger partial charge in [-0.2, -0.15) is 14.9 Å². The first-order valence-corrected chi connectivity index (χ1v) is 31.5. The molecule has 5 aromatic heterocycles. The molecule has 1 saturated carbocycles. The van der Waals surface area contributed by atoms with E-state index in [4.69, 9.17) is 29.7 Å². The van der Waals surface area contributed by atoms with E-state index in [9.17, 15) is 33.9 Å². The van der Waals surface area contributed by atoms with Crippen molar-refractivity contribution >= 4 is 57.1 Å². The van der Waals surface area contributed by atoms with E-state index < -0.39 is 35.3 Å². The summed E-state index contributed by atoms with van der Waals surface area (Å²) in [5, 5.41) is 28.6. The maximum absolute atomic E-state index is 15.6. The number of ether oxygens (including phenoxy) is 4. The molecular weight excluding hydrogens is 1180 g/mol. The molecule has 0 radical (unpaired) electrons. The van der Waals surface area contributed by atoms with Gasteiger partial charge in [0.25, 0.3) is 11.1 Å². The van der Waals surface area contributed by atoms with Crippen LogP contribution in [-0.4, -0.2) is 144 Å². The Balaban J connectivity index is 0.632. The molecular formula is C65H79FN12O11S. The van der Waals surface area contributed by atoms with Gasteiger partial charge in [0, 0.05) is 66.1 Å². The summed E-state index contributed by atoms with van der Waals surface area (Å²) in [6, 6.07) is 14.8. The Hall–Kier alpha value is -8.07. The second-order valence-corrected chi connectivity index (χ2v) is 25.2. The van der Waals surface area contributed by atoms with E-state index in [1.165, 1.54) is 34.4 Å². The molecule has 2 aliphatic heterocycles.